The molecule has 0 saturated carbocycles. The second kappa shape index (κ2) is 9.50. The molecule has 0 bridgehead atoms. The minimum absolute atomic E-state index is 0.00669. The standard InChI is InChI=1S/C23H20FNO4/c1-25(18-7-3-2-4-8-18)22(26)20-9-5-6-10-21(20)23(27)29-16-15-28-19-13-11-17(24)12-14-19/h2-14H,15-16H2,1H3. The Kier molecular flexibility index (Phi) is 6.58. The van der Waals surface area contributed by atoms with Crippen molar-refractivity contribution < 1.29 is 23.5 Å². The Morgan fingerprint density at radius 3 is 2.14 bits per heavy atom. The quantitative estimate of drug-likeness (QED) is 0.443. The first-order valence-corrected chi connectivity index (χ1v) is 9.04. The van der Waals surface area contributed by atoms with Crippen LogP contribution in [-0.2, 0) is 4.74 Å². The maximum Gasteiger partial charge on any atom is 0.339 e. The Balaban J connectivity index is 1.62. The summed E-state index contributed by atoms with van der Waals surface area (Å²) in [5.41, 5.74) is 1.15. The molecule has 29 heavy (non-hydrogen) atoms. The van der Waals surface area contributed by atoms with Crippen molar-refractivity contribution in [3.63, 3.8) is 0 Å². The van der Waals surface area contributed by atoms with Gasteiger partial charge in [-0.2, -0.15) is 0 Å². The number of hydrogen-bond donors (Lipinski definition) is 0. The van der Waals surface area contributed by atoms with Crippen LogP contribution in [0, 0.1) is 5.82 Å². The minimum atomic E-state index is -0.613. The lowest BCUT2D eigenvalue weighted by atomic mass is 10.1. The summed E-state index contributed by atoms with van der Waals surface area (Å²) in [7, 11) is 1.65. The summed E-state index contributed by atoms with van der Waals surface area (Å²) in [5.74, 6) is -0.808. The molecule has 0 aliphatic heterocycles. The third-order valence-corrected chi connectivity index (χ3v) is 4.22. The number of carbonyl (C=O) groups is 2. The molecule has 1 amide bonds. The highest BCUT2D eigenvalue weighted by molar-refractivity contribution is 6.11. The lowest BCUT2D eigenvalue weighted by Gasteiger charge is -2.18. The molecule has 0 aromatic heterocycles. The molecule has 0 aliphatic rings. The van der Waals surface area contributed by atoms with Gasteiger partial charge in [0.05, 0.1) is 11.1 Å². The number of benzene rings is 3. The van der Waals surface area contributed by atoms with E-state index < -0.39 is 5.97 Å². The largest absolute Gasteiger partial charge is 0.490 e. The smallest absolute Gasteiger partial charge is 0.339 e. The predicted molar refractivity (Wildman–Crippen MR) is 108 cm³/mol. The summed E-state index contributed by atoms with van der Waals surface area (Å²) < 4.78 is 23.5. The third kappa shape index (κ3) is 5.19. The van der Waals surface area contributed by atoms with E-state index in [9.17, 15) is 14.0 Å². The fourth-order valence-electron chi connectivity index (χ4n) is 2.70. The molecule has 3 aromatic rings. The maximum absolute atomic E-state index is 12.9. The van der Waals surface area contributed by atoms with Gasteiger partial charge >= 0.3 is 5.97 Å². The number of nitrogens with zero attached hydrogens (tertiary/aromatic N) is 1. The first-order valence-electron chi connectivity index (χ1n) is 9.04. The van der Waals surface area contributed by atoms with Gasteiger partial charge in [-0.3, -0.25) is 4.79 Å². The van der Waals surface area contributed by atoms with Crippen molar-refractivity contribution in [2.75, 3.05) is 25.2 Å². The normalized spacial score (nSPS) is 10.3. The zero-order valence-corrected chi connectivity index (χ0v) is 15.9. The van der Waals surface area contributed by atoms with Gasteiger partial charge in [0.1, 0.15) is 24.8 Å². The predicted octanol–water partition coefficient (Wildman–Crippen LogP) is 4.34. The molecule has 0 fully saturated rings. The summed E-state index contributed by atoms with van der Waals surface area (Å²) in [4.78, 5) is 26.8. The van der Waals surface area contributed by atoms with Crippen molar-refractivity contribution >= 4 is 17.6 Å². The third-order valence-electron chi connectivity index (χ3n) is 4.22. The van der Waals surface area contributed by atoms with Gasteiger partial charge in [-0.1, -0.05) is 30.3 Å². The maximum atomic E-state index is 12.9. The number of rotatable bonds is 7. The first kappa shape index (κ1) is 20.1. The van der Waals surface area contributed by atoms with Crippen LogP contribution in [0.1, 0.15) is 20.7 Å². The number of hydrogen-bond acceptors (Lipinski definition) is 4. The summed E-state index contributed by atoms with van der Waals surface area (Å²) in [6, 6.07) is 21.2. The van der Waals surface area contributed by atoms with E-state index in [1.54, 1.807) is 31.3 Å². The number of carbonyl (C=O) groups excluding carboxylic acids is 2. The van der Waals surface area contributed by atoms with E-state index in [1.807, 2.05) is 30.3 Å². The van der Waals surface area contributed by atoms with Crippen LogP contribution in [-0.4, -0.2) is 32.1 Å². The van der Waals surface area contributed by atoms with Gasteiger partial charge in [0, 0.05) is 12.7 Å². The monoisotopic (exact) mass is 393 g/mol. The van der Waals surface area contributed by atoms with E-state index in [-0.39, 0.29) is 36.1 Å². The molecule has 0 spiro atoms. The number of para-hydroxylation sites is 1. The first-order chi connectivity index (χ1) is 14.1. The van der Waals surface area contributed by atoms with Crippen LogP contribution < -0.4 is 9.64 Å². The number of ether oxygens (including phenoxy) is 2. The van der Waals surface area contributed by atoms with Crippen molar-refractivity contribution in [3.8, 4) is 5.75 Å². The number of anilines is 1. The molecule has 0 aliphatic carbocycles. The fraction of sp³-hybridized carbons (Fsp3) is 0.130. The molecule has 0 saturated heterocycles. The van der Waals surface area contributed by atoms with Gasteiger partial charge in [-0.25, -0.2) is 9.18 Å². The lowest BCUT2D eigenvalue weighted by Crippen LogP contribution is -2.28. The van der Waals surface area contributed by atoms with Gasteiger partial charge < -0.3 is 14.4 Å². The van der Waals surface area contributed by atoms with E-state index in [0.29, 0.717) is 11.4 Å². The minimum Gasteiger partial charge on any atom is -0.490 e. The molecule has 6 heteroatoms. The summed E-state index contributed by atoms with van der Waals surface area (Å²) in [6.07, 6.45) is 0. The Bertz CT molecular complexity index is 974. The highest BCUT2D eigenvalue weighted by Gasteiger charge is 2.21. The van der Waals surface area contributed by atoms with E-state index in [2.05, 4.69) is 0 Å². The van der Waals surface area contributed by atoms with Crippen molar-refractivity contribution in [2.45, 2.75) is 0 Å². The average molecular weight is 393 g/mol. The van der Waals surface area contributed by atoms with Crippen LogP contribution in [0.2, 0.25) is 0 Å². The molecular formula is C23H20FNO4. The van der Waals surface area contributed by atoms with Gasteiger partial charge in [0.25, 0.3) is 5.91 Å². The van der Waals surface area contributed by atoms with E-state index >= 15 is 0 Å². The highest BCUT2D eigenvalue weighted by Crippen LogP contribution is 2.18. The highest BCUT2D eigenvalue weighted by atomic mass is 19.1. The van der Waals surface area contributed by atoms with Crippen LogP contribution in [0.25, 0.3) is 0 Å². The molecule has 0 heterocycles. The SMILES string of the molecule is CN(C(=O)c1ccccc1C(=O)OCCOc1ccc(F)cc1)c1ccccc1. The molecule has 148 valence electrons. The molecular weight excluding hydrogens is 373 g/mol. The Hall–Kier alpha value is -3.67. The second-order valence-corrected chi connectivity index (χ2v) is 6.18. The summed E-state index contributed by atoms with van der Waals surface area (Å²) in [6.45, 7) is 0.102. The molecule has 5 nitrogen and oxygen atoms in total. The van der Waals surface area contributed by atoms with E-state index in [4.69, 9.17) is 9.47 Å². The van der Waals surface area contributed by atoms with Crippen molar-refractivity contribution in [1.29, 1.82) is 0 Å². The molecule has 0 radical (unpaired) electrons. The molecule has 0 unspecified atom stereocenters. The van der Waals surface area contributed by atoms with Crippen molar-refractivity contribution in [3.05, 3.63) is 95.8 Å². The Labute approximate surface area is 168 Å². The summed E-state index contributed by atoms with van der Waals surface area (Å²) >= 11 is 0. The molecule has 0 N–H and O–H groups in total. The lowest BCUT2D eigenvalue weighted by molar-refractivity contribution is 0.0447. The van der Waals surface area contributed by atoms with Gasteiger partial charge in [0.2, 0.25) is 0 Å². The van der Waals surface area contributed by atoms with Crippen LogP contribution in [0.5, 0.6) is 5.75 Å². The van der Waals surface area contributed by atoms with Crippen LogP contribution in [0.3, 0.4) is 0 Å². The Morgan fingerprint density at radius 1 is 0.828 bits per heavy atom. The van der Waals surface area contributed by atoms with Gasteiger partial charge in [-0.15, -0.1) is 0 Å². The zero-order valence-electron chi connectivity index (χ0n) is 15.9. The molecule has 3 aromatic carbocycles. The van der Waals surface area contributed by atoms with Crippen LogP contribution >= 0.6 is 0 Å². The zero-order chi connectivity index (χ0) is 20.6. The number of esters is 1. The van der Waals surface area contributed by atoms with Crippen LogP contribution in [0.15, 0.2) is 78.9 Å². The van der Waals surface area contributed by atoms with E-state index in [0.717, 1.165) is 0 Å². The molecule has 3 rings (SSSR count). The van der Waals surface area contributed by atoms with Crippen molar-refractivity contribution in [2.24, 2.45) is 0 Å². The average Bonchev–Trinajstić information content (AvgIpc) is 2.77. The number of amides is 1. The van der Waals surface area contributed by atoms with Gasteiger partial charge in [0.15, 0.2) is 0 Å². The molecule has 0 atom stereocenters. The topological polar surface area (TPSA) is 55.8 Å². The number of halogens is 1. The fourth-order valence-corrected chi connectivity index (χ4v) is 2.70. The van der Waals surface area contributed by atoms with Crippen molar-refractivity contribution in [1.82, 2.24) is 0 Å². The van der Waals surface area contributed by atoms with Gasteiger partial charge in [-0.05, 0) is 48.5 Å². The van der Waals surface area contributed by atoms with Crippen LogP contribution in [0.4, 0.5) is 10.1 Å². The summed E-state index contributed by atoms with van der Waals surface area (Å²) in [5, 5.41) is 0. The Morgan fingerprint density at radius 2 is 1.45 bits per heavy atom. The second-order valence-electron chi connectivity index (χ2n) is 6.18. The van der Waals surface area contributed by atoms with E-state index in [1.165, 1.54) is 29.2 Å².